The molecule has 126 valence electrons. The van der Waals surface area contributed by atoms with Gasteiger partial charge in [0.1, 0.15) is 0 Å². The van der Waals surface area contributed by atoms with Gasteiger partial charge >= 0.3 is 51.6 Å². The van der Waals surface area contributed by atoms with E-state index >= 15 is 0 Å². The van der Waals surface area contributed by atoms with Gasteiger partial charge in [-0.15, -0.1) is 0 Å². The molecule has 0 saturated heterocycles. The zero-order valence-corrected chi connectivity index (χ0v) is 19.6. The Labute approximate surface area is 160 Å². The van der Waals surface area contributed by atoms with Crippen molar-refractivity contribution in [1.29, 1.82) is 0 Å². The van der Waals surface area contributed by atoms with Crippen molar-refractivity contribution in [2.75, 3.05) is 0 Å². The summed E-state index contributed by atoms with van der Waals surface area (Å²) in [6, 6.07) is 13.4. The van der Waals surface area contributed by atoms with Crippen LogP contribution in [0.25, 0.3) is 0 Å². The molecule has 0 saturated carbocycles. The first-order valence-corrected chi connectivity index (χ1v) is 21.3. The Balaban J connectivity index is 0.000000132. The Morgan fingerprint density at radius 3 is 1.57 bits per heavy atom. The minimum atomic E-state index is -1.08. The molecule has 4 rings (SSSR count). The molecule has 0 heterocycles. The van der Waals surface area contributed by atoms with Crippen LogP contribution in [-0.4, -0.2) is 3.71 Å². The van der Waals surface area contributed by atoms with Crippen molar-refractivity contribution in [3.05, 3.63) is 58.7 Å². The van der Waals surface area contributed by atoms with E-state index in [1.54, 1.807) is 22.3 Å². The fourth-order valence-corrected chi connectivity index (χ4v) is 3.23. The number of rotatable bonds is 0. The van der Waals surface area contributed by atoms with Gasteiger partial charge in [0.05, 0.1) is 0 Å². The molecular weight excluding hydrogens is 491 g/mol. The minimum absolute atomic E-state index is 1.08. The second-order valence-electron chi connectivity index (χ2n) is 6.15. The molecule has 0 fully saturated rings. The van der Waals surface area contributed by atoms with Crippen LogP contribution >= 0.6 is 24.4 Å². The van der Waals surface area contributed by atoms with E-state index in [0.29, 0.717) is 0 Å². The Morgan fingerprint density at radius 1 is 0.826 bits per heavy atom. The maximum Gasteiger partial charge on any atom is -0.0512 e. The predicted octanol–water partition coefficient (Wildman–Crippen LogP) is 6.62. The summed E-state index contributed by atoms with van der Waals surface area (Å²) < 4.78 is 2.20. The summed E-state index contributed by atoms with van der Waals surface area (Å²) in [5.74, 6) is 0. The zero-order valence-electron chi connectivity index (χ0n) is 14.0. The molecule has 0 unspecified atom stereocenters. The number of fused-ring (bicyclic) bond motifs is 2. The first-order valence-electron chi connectivity index (χ1n) is 8.65. The Bertz CT molecular complexity index is 515. The largest absolute Gasteiger partial charge is 0.210 e. The van der Waals surface area contributed by atoms with Gasteiger partial charge in [-0.25, -0.2) is 12.1 Å². The summed E-state index contributed by atoms with van der Waals surface area (Å²) in [6.45, 7) is 2.07. The molecule has 2 aromatic rings. The number of halogens is 2. The molecule has 0 nitrogen and oxygen atoms in total. The van der Waals surface area contributed by atoms with Crippen LogP contribution in [-0.2, 0) is 42.3 Å². The Kier molecular flexibility index (Phi) is 9.53. The smallest absolute Gasteiger partial charge is 0.0512 e. The number of hydrogen-bond donors (Lipinski definition) is 0. The molecule has 0 aromatic heterocycles. The summed E-state index contributed by atoms with van der Waals surface area (Å²) >= 11 is 5.78. The molecule has 23 heavy (non-hydrogen) atoms. The Morgan fingerprint density at radius 2 is 1.22 bits per heavy atom. The van der Waals surface area contributed by atoms with E-state index in [2.05, 4.69) is 71.5 Å². The molecule has 2 aromatic carbocycles. The molecule has 0 radical (unpaired) electrons. The fourth-order valence-electron chi connectivity index (χ4n) is 3.23. The summed E-state index contributed by atoms with van der Waals surface area (Å²) in [5.41, 5.74) is 6.39. The molecule has 0 bridgehead atoms. The quantitative estimate of drug-likeness (QED) is 0.345. The van der Waals surface area contributed by atoms with Gasteiger partial charge < -0.3 is 0 Å². The summed E-state index contributed by atoms with van der Waals surface area (Å²) in [5, 5.41) is 0. The van der Waals surface area contributed by atoms with Crippen molar-refractivity contribution < 1.29 is 16.6 Å². The van der Waals surface area contributed by atoms with Crippen LogP contribution in [0.2, 0.25) is 0 Å². The van der Waals surface area contributed by atoms with Crippen molar-refractivity contribution in [3.63, 3.8) is 0 Å². The van der Waals surface area contributed by atoms with E-state index in [0.717, 1.165) is 0 Å². The van der Waals surface area contributed by atoms with E-state index in [1.165, 1.54) is 51.4 Å². The van der Waals surface area contributed by atoms with Crippen LogP contribution in [0.3, 0.4) is 0 Å². The number of aryl methyl sites for hydroxylation is 4. The Hall–Kier alpha value is 0.413. The first-order chi connectivity index (χ1) is 11.2. The average Bonchev–Trinajstić information content (AvgIpc) is 3.24. The number of hydrogen-bond acceptors (Lipinski definition) is 0. The van der Waals surface area contributed by atoms with E-state index in [-0.39, 0.29) is 0 Å². The van der Waals surface area contributed by atoms with Gasteiger partial charge in [-0.05, 0) is 0 Å². The summed E-state index contributed by atoms with van der Waals surface area (Å²) in [4.78, 5) is 0. The molecular formula is C20H26Br2Zr-2. The van der Waals surface area contributed by atoms with Gasteiger partial charge in [0.2, 0.25) is 0 Å². The van der Waals surface area contributed by atoms with Crippen molar-refractivity contribution in [1.82, 2.24) is 0 Å². The SMILES string of the molecule is C[CH]=[Zr]([Br])[Br].c1cc2c([cH-]1)CCCC2.c1cc2c([cH-]1)CCCC2. The van der Waals surface area contributed by atoms with Gasteiger partial charge in [0, 0.05) is 0 Å². The third-order valence-corrected chi connectivity index (χ3v) is 11.0. The molecule has 0 amide bonds. The van der Waals surface area contributed by atoms with Gasteiger partial charge in [-0.1, -0.05) is 51.4 Å². The molecule has 2 aliphatic carbocycles. The third kappa shape index (κ3) is 7.04. The predicted molar refractivity (Wildman–Crippen MR) is 107 cm³/mol. The minimum Gasteiger partial charge on any atom is -0.210 e. The van der Waals surface area contributed by atoms with Crippen LogP contribution in [0, 0.1) is 0 Å². The second kappa shape index (κ2) is 11.1. The molecule has 2 aliphatic rings. The first kappa shape index (κ1) is 19.7. The van der Waals surface area contributed by atoms with Crippen molar-refractivity contribution in [3.8, 4) is 0 Å². The monoisotopic (exact) mass is 514 g/mol. The van der Waals surface area contributed by atoms with E-state index < -0.39 is 16.6 Å². The van der Waals surface area contributed by atoms with Gasteiger partial charge in [-0.2, -0.15) is 46.5 Å². The maximum absolute atomic E-state index is 3.43. The van der Waals surface area contributed by atoms with Crippen molar-refractivity contribution in [2.45, 2.75) is 58.3 Å². The van der Waals surface area contributed by atoms with Crippen molar-refractivity contribution >= 4 is 28.1 Å². The van der Waals surface area contributed by atoms with E-state index in [1.807, 2.05) is 0 Å². The van der Waals surface area contributed by atoms with E-state index in [4.69, 9.17) is 0 Å². The molecule has 3 heteroatoms. The van der Waals surface area contributed by atoms with Crippen molar-refractivity contribution in [2.24, 2.45) is 0 Å². The summed E-state index contributed by atoms with van der Waals surface area (Å²) in [6.07, 6.45) is 10.9. The zero-order chi connectivity index (χ0) is 16.5. The molecule has 0 spiro atoms. The third-order valence-electron chi connectivity index (χ3n) is 4.52. The van der Waals surface area contributed by atoms with Gasteiger partial charge in [-0.3, -0.25) is 0 Å². The van der Waals surface area contributed by atoms with E-state index in [9.17, 15) is 0 Å². The van der Waals surface area contributed by atoms with Crippen LogP contribution in [0.1, 0.15) is 54.9 Å². The van der Waals surface area contributed by atoms with Crippen LogP contribution in [0.4, 0.5) is 0 Å². The van der Waals surface area contributed by atoms with Gasteiger partial charge in [0.15, 0.2) is 0 Å². The standard InChI is InChI=1S/2C9H11.C2H4.2BrH.Zr/c2*1-2-5-9-7-3-6-8(9)4-1;1-2;;;/h2*3,6-7H,1-2,4-5H2;1H,2H3;2*1H;/q2*-1;;;;+2/p-2. The summed E-state index contributed by atoms with van der Waals surface area (Å²) in [7, 11) is 0. The fraction of sp³-hybridized carbons (Fsp3) is 0.450. The van der Waals surface area contributed by atoms with Gasteiger partial charge in [0.25, 0.3) is 0 Å². The average molecular weight is 517 g/mol. The maximum atomic E-state index is 3.43. The molecule has 0 atom stereocenters. The van der Waals surface area contributed by atoms with Crippen LogP contribution < -0.4 is 0 Å². The topological polar surface area (TPSA) is 0 Å². The molecule has 0 N–H and O–H groups in total. The molecule has 0 aliphatic heterocycles. The van der Waals surface area contributed by atoms with Crippen LogP contribution in [0.15, 0.2) is 36.4 Å². The normalized spacial score (nSPS) is 15.1. The second-order valence-corrected chi connectivity index (χ2v) is 25.4. The van der Waals surface area contributed by atoms with Crippen LogP contribution in [0.5, 0.6) is 0 Å².